The van der Waals surface area contributed by atoms with Crippen molar-refractivity contribution in [3.8, 4) is 5.75 Å². The van der Waals surface area contributed by atoms with Crippen molar-refractivity contribution < 1.29 is 14.3 Å². The summed E-state index contributed by atoms with van der Waals surface area (Å²) in [5.41, 5.74) is -0.990. The lowest BCUT2D eigenvalue weighted by atomic mass is 10.1. The summed E-state index contributed by atoms with van der Waals surface area (Å²) >= 11 is 5.94. The molecule has 5 heteroatoms. The Morgan fingerprint density at radius 2 is 2.17 bits per heavy atom. The molecule has 1 heterocycles. The zero-order valence-electron chi connectivity index (χ0n) is 9.70. The molecule has 0 spiro atoms. The molecule has 4 nitrogen and oxygen atoms in total. The highest BCUT2D eigenvalue weighted by Crippen LogP contribution is 2.32. The molecule has 2 rings (SSSR count). The summed E-state index contributed by atoms with van der Waals surface area (Å²) in [5.74, 6) is -0.837. The topological polar surface area (TPSA) is 67.5 Å². The summed E-state index contributed by atoms with van der Waals surface area (Å²) in [6.45, 7) is 1.81. The van der Waals surface area contributed by atoms with E-state index in [4.69, 9.17) is 16.0 Å². The molecule has 0 saturated heterocycles. The van der Waals surface area contributed by atoms with Gasteiger partial charge in [-0.1, -0.05) is 24.6 Å². The van der Waals surface area contributed by atoms with E-state index in [0.717, 1.165) is 0 Å². The highest BCUT2D eigenvalue weighted by atomic mass is 35.5. The van der Waals surface area contributed by atoms with Crippen LogP contribution in [0.2, 0.25) is 5.02 Å². The normalized spacial score (nSPS) is 10.8. The molecule has 0 atom stereocenters. The van der Waals surface area contributed by atoms with Crippen molar-refractivity contribution in [2.24, 2.45) is 0 Å². The van der Waals surface area contributed by atoms with Crippen molar-refractivity contribution in [1.82, 2.24) is 0 Å². The molecule has 0 aliphatic carbocycles. The molecule has 0 radical (unpaired) electrons. The SMILES string of the molecule is CCCC(=O)c1c(O)c2c(Cl)cccc2oc1=O. The van der Waals surface area contributed by atoms with Crippen molar-refractivity contribution in [3.05, 3.63) is 39.2 Å². The van der Waals surface area contributed by atoms with E-state index < -0.39 is 17.2 Å². The maximum Gasteiger partial charge on any atom is 0.351 e. The predicted molar refractivity (Wildman–Crippen MR) is 68.4 cm³/mol. The van der Waals surface area contributed by atoms with E-state index in [2.05, 4.69) is 0 Å². The van der Waals surface area contributed by atoms with Gasteiger partial charge in [-0.05, 0) is 18.6 Å². The van der Waals surface area contributed by atoms with Crippen LogP contribution in [0.3, 0.4) is 0 Å². The Morgan fingerprint density at radius 3 is 2.83 bits per heavy atom. The van der Waals surface area contributed by atoms with Crippen LogP contribution < -0.4 is 5.63 Å². The highest BCUT2D eigenvalue weighted by Gasteiger charge is 2.21. The molecule has 0 unspecified atom stereocenters. The lowest BCUT2D eigenvalue weighted by Gasteiger charge is -2.06. The van der Waals surface area contributed by atoms with Crippen LogP contribution in [-0.4, -0.2) is 10.9 Å². The molecule has 0 saturated carbocycles. The number of carbonyl (C=O) groups is 1. The number of Topliss-reactive ketones (excluding diaryl/α,β-unsaturated/α-hetero) is 1. The molecule has 1 aromatic heterocycles. The number of carbonyl (C=O) groups excluding carboxylic acids is 1. The van der Waals surface area contributed by atoms with Gasteiger partial charge in [-0.2, -0.15) is 0 Å². The van der Waals surface area contributed by atoms with Gasteiger partial charge in [0.1, 0.15) is 16.9 Å². The third-order valence-electron chi connectivity index (χ3n) is 2.61. The summed E-state index contributed by atoms with van der Waals surface area (Å²) in [6.07, 6.45) is 0.756. The van der Waals surface area contributed by atoms with Gasteiger partial charge in [-0.15, -0.1) is 0 Å². The Labute approximate surface area is 108 Å². The average molecular weight is 267 g/mol. The molecule has 0 aliphatic rings. The van der Waals surface area contributed by atoms with Gasteiger partial charge < -0.3 is 9.52 Å². The Bertz CT molecular complexity index is 672. The second kappa shape index (κ2) is 4.82. The van der Waals surface area contributed by atoms with Crippen LogP contribution in [-0.2, 0) is 0 Å². The van der Waals surface area contributed by atoms with Crippen LogP contribution in [0.1, 0.15) is 30.1 Å². The highest BCUT2D eigenvalue weighted by molar-refractivity contribution is 6.36. The second-order valence-electron chi connectivity index (χ2n) is 3.90. The number of rotatable bonds is 3. The number of fused-ring (bicyclic) bond motifs is 1. The first kappa shape index (κ1) is 12.6. The maximum atomic E-state index is 11.8. The van der Waals surface area contributed by atoms with Crippen LogP contribution in [0.5, 0.6) is 5.75 Å². The number of aromatic hydroxyl groups is 1. The van der Waals surface area contributed by atoms with Crippen LogP contribution >= 0.6 is 11.6 Å². The van der Waals surface area contributed by atoms with Gasteiger partial charge >= 0.3 is 5.63 Å². The van der Waals surface area contributed by atoms with Crippen molar-refractivity contribution in [2.75, 3.05) is 0 Å². The monoisotopic (exact) mass is 266 g/mol. The first-order chi connectivity index (χ1) is 8.56. The van der Waals surface area contributed by atoms with Crippen molar-refractivity contribution in [3.63, 3.8) is 0 Å². The molecular formula is C13H11ClO4. The molecule has 0 fully saturated rings. The third kappa shape index (κ3) is 1.99. The van der Waals surface area contributed by atoms with Crippen molar-refractivity contribution >= 4 is 28.4 Å². The Kier molecular flexibility index (Phi) is 3.39. The van der Waals surface area contributed by atoms with Gasteiger partial charge in [-0.3, -0.25) is 4.79 Å². The van der Waals surface area contributed by atoms with E-state index >= 15 is 0 Å². The number of ketones is 1. The van der Waals surface area contributed by atoms with Crippen LogP contribution in [0.25, 0.3) is 11.0 Å². The van der Waals surface area contributed by atoms with Gasteiger partial charge in [-0.25, -0.2) is 4.79 Å². The summed E-state index contributed by atoms with van der Waals surface area (Å²) < 4.78 is 5.00. The minimum atomic E-state index is -0.833. The lowest BCUT2D eigenvalue weighted by Crippen LogP contribution is -2.14. The summed E-state index contributed by atoms with van der Waals surface area (Å²) in [6, 6.07) is 4.66. The molecule has 94 valence electrons. The molecule has 0 aliphatic heterocycles. The van der Waals surface area contributed by atoms with Crippen LogP contribution in [0.4, 0.5) is 0 Å². The summed E-state index contributed by atoms with van der Waals surface area (Å²) in [4.78, 5) is 23.5. The van der Waals surface area contributed by atoms with E-state index in [1.54, 1.807) is 12.1 Å². The van der Waals surface area contributed by atoms with E-state index in [0.29, 0.717) is 6.42 Å². The number of halogens is 1. The van der Waals surface area contributed by atoms with E-state index in [1.165, 1.54) is 6.07 Å². The second-order valence-corrected chi connectivity index (χ2v) is 4.31. The number of benzene rings is 1. The lowest BCUT2D eigenvalue weighted by molar-refractivity contribution is 0.0975. The number of hydrogen-bond donors (Lipinski definition) is 1. The van der Waals surface area contributed by atoms with E-state index in [1.807, 2.05) is 6.92 Å². The molecule has 18 heavy (non-hydrogen) atoms. The molecule has 1 N–H and O–H groups in total. The largest absolute Gasteiger partial charge is 0.506 e. The minimum absolute atomic E-state index is 0.165. The minimum Gasteiger partial charge on any atom is -0.506 e. The summed E-state index contributed by atoms with van der Waals surface area (Å²) in [7, 11) is 0. The fourth-order valence-electron chi connectivity index (χ4n) is 1.79. The van der Waals surface area contributed by atoms with Gasteiger partial charge in [0.05, 0.1) is 10.4 Å². The summed E-state index contributed by atoms with van der Waals surface area (Å²) in [5, 5.41) is 10.5. The average Bonchev–Trinajstić information content (AvgIpc) is 2.28. The molecular weight excluding hydrogens is 256 g/mol. The van der Waals surface area contributed by atoms with Crippen LogP contribution in [0, 0.1) is 0 Å². The van der Waals surface area contributed by atoms with E-state index in [9.17, 15) is 14.7 Å². The molecule has 0 bridgehead atoms. The zero-order chi connectivity index (χ0) is 13.3. The molecule has 0 amide bonds. The predicted octanol–water partition coefficient (Wildman–Crippen LogP) is 3.13. The molecule has 2 aromatic rings. The Balaban J connectivity index is 2.80. The smallest absolute Gasteiger partial charge is 0.351 e. The quantitative estimate of drug-likeness (QED) is 0.684. The van der Waals surface area contributed by atoms with Gasteiger partial charge in [0.2, 0.25) is 0 Å². The fraction of sp³-hybridized carbons (Fsp3) is 0.231. The fourth-order valence-corrected chi connectivity index (χ4v) is 2.05. The first-order valence-electron chi connectivity index (χ1n) is 5.53. The van der Waals surface area contributed by atoms with Crippen molar-refractivity contribution in [2.45, 2.75) is 19.8 Å². The van der Waals surface area contributed by atoms with E-state index in [-0.39, 0.29) is 28.0 Å². The Morgan fingerprint density at radius 1 is 1.44 bits per heavy atom. The van der Waals surface area contributed by atoms with Gasteiger partial charge in [0, 0.05) is 6.42 Å². The maximum absolute atomic E-state index is 11.8. The first-order valence-corrected chi connectivity index (χ1v) is 5.91. The van der Waals surface area contributed by atoms with Crippen molar-refractivity contribution in [1.29, 1.82) is 0 Å². The standard InChI is InChI=1S/C13H11ClO4/c1-2-4-8(15)11-12(16)10-7(14)5-3-6-9(10)18-13(11)17/h3,5-6,16H,2,4H2,1H3. The third-order valence-corrected chi connectivity index (χ3v) is 2.93. The van der Waals surface area contributed by atoms with Crippen LogP contribution in [0.15, 0.2) is 27.4 Å². The van der Waals surface area contributed by atoms with Gasteiger partial charge in [0.25, 0.3) is 0 Å². The van der Waals surface area contributed by atoms with Gasteiger partial charge in [0.15, 0.2) is 5.78 Å². The number of hydrogen-bond acceptors (Lipinski definition) is 4. The Hall–Kier alpha value is -1.81. The molecule has 1 aromatic carbocycles. The zero-order valence-corrected chi connectivity index (χ0v) is 10.5.